The summed E-state index contributed by atoms with van der Waals surface area (Å²) in [6.07, 6.45) is 0.434. The van der Waals surface area contributed by atoms with Crippen molar-refractivity contribution in [3.8, 4) is 0 Å². The van der Waals surface area contributed by atoms with E-state index in [0.29, 0.717) is 0 Å². The molecule has 0 fully saturated rings. The summed E-state index contributed by atoms with van der Waals surface area (Å²) >= 11 is 5.25. The predicted octanol–water partition coefficient (Wildman–Crippen LogP) is 5.02. The zero-order chi connectivity index (χ0) is 11.6. The molecule has 0 spiro atoms. The molecule has 1 unspecified atom stereocenters. The van der Waals surface area contributed by atoms with Crippen LogP contribution in [0.4, 0.5) is 0 Å². The second kappa shape index (κ2) is 4.98. The summed E-state index contributed by atoms with van der Waals surface area (Å²) in [5.41, 5.74) is 0.133. The van der Waals surface area contributed by atoms with Crippen LogP contribution in [0.5, 0.6) is 0 Å². The van der Waals surface area contributed by atoms with Gasteiger partial charge in [0.15, 0.2) is 0 Å². The summed E-state index contributed by atoms with van der Waals surface area (Å²) < 4.78 is 7.17. The van der Waals surface area contributed by atoms with E-state index in [4.69, 9.17) is 4.74 Å². The first-order valence-electron chi connectivity index (χ1n) is 5.21. The van der Waals surface area contributed by atoms with E-state index in [1.165, 1.54) is 8.66 Å². The van der Waals surface area contributed by atoms with Gasteiger partial charge in [-0.05, 0) is 47.3 Å². The largest absolute Gasteiger partial charge is 0.369 e. The Kier molecular flexibility index (Phi) is 4.38. The number of rotatable bonds is 3. The molecule has 1 nitrogen and oxygen atoms in total. The van der Waals surface area contributed by atoms with Gasteiger partial charge in [0.25, 0.3) is 0 Å². The van der Waals surface area contributed by atoms with E-state index in [9.17, 15) is 0 Å². The SMILES string of the molecule is CC(C)OC(c1ccc(Br)s1)C(C)(C)C. The molecule has 0 amide bonds. The van der Waals surface area contributed by atoms with Crippen molar-refractivity contribution >= 4 is 27.3 Å². The van der Waals surface area contributed by atoms with Gasteiger partial charge in [-0.15, -0.1) is 11.3 Å². The fraction of sp³-hybridized carbons (Fsp3) is 0.667. The Morgan fingerprint density at radius 3 is 2.20 bits per heavy atom. The van der Waals surface area contributed by atoms with Gasteiger partial charge in [0.1, 0.15) is 0 Å². The molecule has 0 aliphatic carbocycles. The maximum Gasteiger partial charge on any atom is 0.0968 e. The lowest BCUT2D eigenvalue weighted by Gasteiger charge is -2.31. The first kappa shape index (κ1) is 13.2. The van der Waals surface area contributed by atoms with E-state index in [2.05, 4.69) is 62.7 Å². The van der Waals surface area contributed by atoms with Crippen LogP contribution < -0.4 is 0 Å². The lowest BCUT2D eigenvalue weighted by Crippen LogP contribution is -2.23. The first-order valence-corrected chi connectivity index (χ1v) is 6.82. The van der Waals surface area contributed by atoms with Crippen LogP contribution in [-0.2, 0) is 4.74 Å². The standard InChI is InChI=1S/C12H19BrOS/c1-8(2)14-11(12(3,4)5)9-6-7-10(13)15-9/h6-8,11H,1-5H3. The smallest absolute Gasteiger partial charge is 0.0968 e. The molecular weight excluding hydrogens is 272 g/mol. The molecule has 1 aromatic rings. The second-order valence-electron chi connectivity index (χ2n) is 5.07. The van der Waals surface area contributed by atoms with E-state index in [1.54, 1.807) is 11.3 Å². The summed E-state index contributed by atoms with van der Waals surface area (Å²) in [7, 11) is 0. The van der Waals surface area contributed by atoms with Gasteiger partial charge in [-0.25, -0.2) is 0 Å². The Labute approximate surface area is 105 Å². The van der Waals surface area contributed by atoms with E-state index < -0.39 is 0 Å². The van der Waals surface area contributed by atoms with Crippen molar-refractivity contribution in [3.63, 3.8) is 0 Å². The third-order valence-electron chi connectivity index (χ3n) is 2.05. The van der Waals surface area contributed by atoms with E-state index in [0.717, 1.165) is 0 Å². The van der Waals surface area contributed by atoms with Crippen molar-refractivity contribution in [3.05, 3.63) is 20.8 Å². The van der Waals surface area contributed by atoms with Gasteiger partial charge in [0.05, 0.1) is 16.0 Å². The van der Waals surface area contributed by atoms with Crippen LogP contribution in [0.2, 0.25) is 0 Å². The molecule has 0 N–H and O–H groups in total. The highest BCUT2D eigenvalue weighted by Gasteiger charge is 2.29. The highest BCUT2D eigenvalue weighted by molar-refractivity contribution is 9.11. The van der Waals surface area contributed by atoms with Crippen LogP contribution in [0, 0.1) is 5.41 Å². The highest BCUT2D eigenvalue weighted by Crippen LogP contribution is 2.41. The maximum absolute atomic E-state index is 6.00. The summed E-state index contributed by atoms with van der Waals surface area (Å²) in [5.74, 6) is 0. The number of hydrogen-bond donors (Lipinski definition) is 0. The highest BCUT2D eigenvalue weighted by atomic mass is 79.9. The van der Waals surface area contributed by atoms with Crippen molar-refractivity contribution < 1.29 is 4.74 Å². The molecule has 15 heavy (non-hydrogen) atoms. The van der Waals surface area contributed by atoms with Crippen LogP contribution in [0.1, 0.15) is 45.6 Å². The van der Waals surface area contributed by atoms with Gasteiger partial charge >= 0.3 is 0 Å². The van der Waals surface area contributed by atoms with Gasteiger partial charge in [-0.2, -0.15) is 0 Å². The van der Waals surface area contributed by atoms with Crippen LogP contribution in [-0.4, -0.2) is 6.10 Å². The lowest BCUT2D eigenvalue weighted by atomic mass is 9.88. The molecule has 0 saturated heterocycles. The fourth-order valence-electron chi connectivity index (χ4n) is 1.44. The molecule has 1 rings (SSSR count). The van der Waals surface area contributed by atoms with Gasteiger partial charge in [0.2, 0.25) is 0 Å². The zero-order valence-electron chi connectivity index (χ0n) is 10.0. The Morgan fingerprint density at radius 2 is 1.87 bits per heavy atom. The molecular formula is C12H19BrOS. The summed E-state index contributed by atoms with van der Waals surface area (Å²) in [6.45, 7) is 10.8. The topological polar surface area (TPSA) is 9.23 Å². The van der Waals surface area contributed by atoms with Crippen LogP contribution in [0.25, 0.3) is 0 Å². The Hall–Kier alpha value is 0.140. The Balaban J connectivity index is 2.91. The summed E-state index contributed by atoms with van der Waals surface area (Å²) in [6, 6.07) is 4.23. The molecule has 0 bridgehead atoms. The van der Waals surface area contributed by atoms with Gasteiger partial charge < -0.3 is 4.74 Å². The lowest BCUT2D eigenvalue weighted by molar-refractivity contribution is -0.0522. The molecule has 0 saturated carbocycles. The third-order valence-corrected chi connectivity index (χ3v) is 3.71. The molecule has 0 aromatic carbocycles. The van der Waals surface area contributed by atoms with Gasteiger partial charge in [0, 0.05) is 4.88 Å². The quantitative estimate of drug-likeness (QED) is 0.759. The number of thiophene rings is 1. The van der Waals surface area contributed by atoms with Crippen molar-refractivity contribution in [1.82, 2.24) is 0 Å². The average molecular weight is 291 g/mol. The average Bonchev–Trinajstić information content (AvgIpc) is 2.45. The molecule has 3 heteroatoms. The molecule has 86 valence electrons. The minimum atomic E-state index is 0.133. The Bertz CT molecular complexity index is 312. The molecule has 0 aliphatic rings. The summed E-state index contributed by atoms with van der Waals surface area (Å²) in [5, 5.41) is 0. The minimum absolute atomic E-state index is 0.133. The molecule has 1 aromatic heterocycles. The maximum atomic E-state index is 6.00. The number of halogens is 1. The van der Waals surface area contributed by atoms with Crippen LogP contribution >= 0.6 is 27.3 Å². The monoisotopic (exact) mass is 290 g/mol. The van der Waals surface area contributed by atoms with E-state index in [-0.39, 0.29) is 17.6 Å². The van der Waals surface area contributed by atoms with Crippen LogP contribution in [0.15, 0.2) is 15.9 Å². The second-order valence-corrected chi connectivity index (χ2v) is 7.57. The molecule has 0 radical (unpaired) electrons. The Morgan fingerprint density at radius 1 is 1.27 bits per heavy atom. The fourth-order valence-corrected chi connectivity index (χ4v) is 3.15. The molecule has 1 heterocycles. The van der Waals surface area contributed by atoms with Crippen molar-refractivity contribution in [1.29, 1.82) is 0 Å². The number of hydrogen-bond acceptors (Lipinski definition) is 2. The van der Waals surface area contributed by atoms with Crippen molar-refractivity contribution in [2.75, 3.05) is 0 Å². The van der Waals surface area contributed by atoms with Crippen molar-refractivity contribution in [2.45, 2.75) is 46.8 Å². The van der Waals surface area contributed by atoms with Crippen LogP contribution in [0.3, 0.4) is 0 Å². The van der Waals surface area contributed by atoms with Gasteiger partial charge in [-0.1, -0.05) is 20.8 Å². The first-order chi connectivity index (χ1) is 6.80. The van der Waals surface area contributed by atoms with E-state index >= 15 is 0 Å². The normalized spacial score (nSPS) is 14.6. The molecule has 1 atom stereocenters. The van der Waals surface area contributed by atoms with Crippen molar-refractivity contribution in [2.24, 2.45) is 5.41 Å². The van der Waals surface area contributed by atoms with E-state index in [1.807, 2.05) is 0 Å². The molecule has 0 aliphatic heterocycles. The third kappa shape index (κ3) is 3.89. The predicted molar refractivity (Wildman–Crippen MR) is 70.4 cm³/mol. The zero-order valence-corrected chi connectivity index (χ0v) is 12.4. The summed E-state index contributed by atoms with van der Waals surface area (Å²) in [4.78, 5) is 1.29. The minimum Gasteiger partial charge on any atom is -0.369 e. The van der Waals surface area contributed by atoms with Gasteiger partial charge in [-0.3, -0.25) is 0 Å². The number of ether oxygens (including phenoxy) is 1.